The number of hydrogen-bond donors (Lipinski definition) is 2. The quantitative estimate of drug-likeness (QED) is 0.865. The maximum atomic E-state index is 11.0. The Bertz CT molecular complexity index is 289. The highest BCUT2D eigenvalue weighted by molar-refractivity contribution is 9.11. The van der Waals surface area contributed by atoms with E-state index in [0.29, 0.717) is 6.54 Å². The lowest BCUT2D eigenvalue weighted by Crippen LogP contribution is -2.29. The standard InChI is InChI=1S/C7H10BrN3OS/c1-2-9-6(12)4-11-7-10-3-5(8)13-7/h3H,2,4H2,1H3,(H,9,12)(H,10,11). The van der Waals surface area contributed by atoms with Crippen LogP contribution in [0.1, 0.15) is 6.92 Å². The Morgan fingerprint density at radius 3 is 3.08 bits per heavy atom. The van der Waals surface area contributed by atoms with Gasteiger partial charge in [-0.15, -0.1) is 0 Å². The van der Waals surface area contributed by atoms with Crippen LogP contribution in [-0.2, 0) is 4.79 Å². The number of amides is 1. The van der Waals surface area contributed by atoms with Gasteiger partial charge in [0.2, 0.25) is 5.91 Å². The molecule has 0 aliphatic heterocycles. The number of halogens is 1. The second kappa shape index (κ2) is 5.18. The molecule has 6 heteroatoms. The van der Waals surface area contributed by atoms with Crippen LogP contribution >= 0.6 is 27.3 Å². The van der Waals surface area contributed by atoms with Crippen molar-refractivity contribution in [1.82, 2.24) is 10.3 Å². The van der Waals surface area contributed by atoms with E-state index in [9.17, 15) is 4.79 Å². The van der Waals surface area contributed by atoms with Crippen molar-refractivity contribution in [3.05, 3.63) is 9.98 Å². The van der Waals surface area contributed by atoms with E-state index in [2.05, 4.69) is 31.5 Å². The summed E-state index contributed by atoms with van der Waals surface area (Å²) in [7, 11) is 0. The van der Waals surface area contributed by atoms with E-state index in [4.69, 9.17) is 0 Å². The first-order valence-electron chi connectivity index (χ1n) is 3.84. The summed E-state index contributed by atoms with van der Waals surface area (Å²) in [4.78, 5) is 15.0. The Hall–Kier alpha value is -0.620. The van der Waals surface area contributed by atoms with Gasteiger partial charge in [0.25, 0.3) is 0 Å². The van der Waals surface area contributed by atoms with Gasteiger partial charge in [-0.05, 0) is 22.9 Å². The van der Waals surface area contributed by atoms with Crippen LogP contribution in [0.4, 0.5) is 5.13 Å². The lowest BCUT2D eigenvalue weighted by atomic mass is 10.5. The third kappa shape index (κ3) is 3.73. The van der Waals surface area contributed by atoms with Gasteiger partial charge in [-0.1, -0.05) is 11.3 Å². The van der Waals surface area contributed by atoms with Crippen molar-refractivity contribution in [2.45, 2.75) is 6.92 Å². The van der Waals surface area contributed by atoms with Crippen molar-refractivity contribution in [3.8, 4) is 0 Å². The van der Waals surface area contributed by atoms with Gasteiger partial charge in [-0.3, -0.25) is 4.79 Å². The van der Waals surface area contributed by atoms with Crippen molar-refractivity contribution < 1.29 is 4.79 Å². The number of rotatable bonds is 4. The summed E-state index contributed by atoms with van der Waals surface area (Å²) in [5.74, 6) is -0.0196. The minimum Gasteiger partial charge on any atom is -0.355 e. The summed E-state index contributed by atoms with van der Waals surface area (Å²) in [5, 5.41) is 6.35. The molecule has 1 amide bonds. The van der Waals surface area contributed by atoms with Gasteiger partial charge < -0.3 is 10.6 Å². The normalized spacial score (nSPS) is 9.69. The van der Waals surface area contributed by atoms with E-state index in [1.807, 2.05) is 6.92 Å². The van der Waals surface area contributed by atoms with E-state index in [1.54, 1.807) is 6.20 Å². The van der Waals surface area contributed by atoms with E-state index < -0.39 is 0 Å². The maximum absolute atomic E-state index is 11.0. The predicted molar refractivity (Wildman–Crippen MR) is 57.0 cm³/mol. The first-order valence-corrected chi connectivity index (χ1v) is 5.45. The van der Waals surface area contributed by atoms with Crippen LogP contribution in [0.2, 0.25) is 0 Å². The SMILES string of the molecule is CCNC(=O)CNc1ncc(Br)s1. The Labute approximate surface area is 88.9 Å². The molecule has 0 aliphatic rings. The lowest BCUT2D eigenvalue weighted by Gasteiger charge is -2.01. The van der Waals surface area contributed by atoms with Crippen LogP contribution in [0.15, 0.2) is 9.98 Å². The molecule has 1 heterocycles. The fraction of sp³-hybridized carbons (Fsp3) is 0.429. The summed E-state index contributed by atoms with van der Waals surface area (Å²) in [6.45, 7) is 2.81. The molecule has 1 aromatic heterocycles. The topological polar surface area (TPSA) is 54.0 Å². The zero-order chi connectivity index (χ0) is 9.68. The first kappa shape index (κ1) is 10.5. The lowest BCUT2D eigenvalue weighted by molar-refractivity contribution is -0.119. The highest BCUT2D eigenvalue weighted by atomic mass is 79.9. The van der Waals surface area contributed by atoms with Crippen molar-refractivity contribution >= 4 is 38.3 Å². The Morgan fingerprint density at radius 1 is 1.77 bits per heavy atom. The number of nitrogens with zero attached hydrogens (tertiary/aromatic N) is 1. The number of thiazole rings is 1. The summed E-state index contributed by atoms with van der Waals surface area (Å²) in [5.41, 5.74) is 0. The average molecular weight is 264 g/mol. The molecule has 2 N–H and O–H groups in total. The summed E-state index contributed by atoms with van der Waals surface area (Å²) in [6, 6.07) is 0. The van der Waals surface area contributed by atoms with Crippen LogP contribution in [0, 0.1) is 0 Å². The first-order chi connectivity index (χ1) is 6.22. The minimum absolute atomic E-state index is 0.0196. The highest BCUT2D eigenvalue weighted by Gasteiger charge is 2.01. The number of likely N-dealkylation sites (N-methyl/N-ethyl adjacent to an activating group) is 1. The fourth-order valence-corrected chi connectivity index (χ4v) is 1.85. The van der Waals surface area contributed by atoms with Gasteiger partial charge in [0, 0.05) is 6.54 Å². The Morgan fingerprint density at radius 2 is 2.54 bits per heavy atom. The van der Waals surface area contributed by atoms with Crippen LogP contribution in [0.25, 0.3) is 0 Å². The number of aromatic nitrogens is 1. The van der Waals surface area contributed by atoms with Gasteiger partial charge in [0.15, 0.2) is 5.13 Å². The third-order valence-corrected chi connectivity index (χ3v) is 2.69. The molecule has 0 saturated heterocycles. The summed E-state index contributed by atoms with van der Waals surface area (Å²) < 4.78 is 0.950. The molecule has 0 aliphatic carbocycles. The largest absolute Gasteiger partial charge is 0.355 e. The van der Waals surface area contributed by atoms with Crippen LogP contribution in [0.3, 0.4) is 0 Å². The molecule has 0 atom stereocenters. The van der Waals surface area contributed by atoms with Gasteiger partial charge in [-0.25, -0.2) is 4.98 Å². The van der Waals surface area contributed by atoms with Gasteiger partial charge in [-0.2, -0.15) is 0 Å². The number of nitrogens with one attached hydrogen (secondary N) is 2. The molecule has 1 aromatic rings. The molecule has 0 aromatic carbocycles. The second-order valence-electron chi connectivity index (χ2n) is 2.28. The van der Waals surface area contributed by atoms with Gasteiger partial charge >= 0.3 is 0 Å². The molecular formula is C7H10BrN3OS. The average Bonchev–Trinajstić information content (AvgIpc) is 2.49. The fourth-order valence-electron chi connectivity index (χ4n) is 0.752. The monoisotopic (exact) mass is 263 g/mol. The molecule has 0 fully saturated rings. The molecule has 0 saturated carbocycles. The van der Waals surface area contributed by atoms with Crippen molar-refractivity contribution in [2.24, 2.45) is 0 Å². The van der Waals surface area contributed by atoms with Crippen molar-refractivity contribution in [3.63, 3.8) is 0 Å². The smallest absolute Gasteiger partial charge is 0.239 e. The van der Waals surface area contributed by atoms with Crippen molar-refractivity contribution in [1.29, 1.82) is 0 Å². The predicted octanol–water partition coefficient (Wildman–Crippen LogP) is 1.45. The molecular weight excluding hydrogens is 254 g/mol. The van der Waals surface area contributed by atoms with E-state index in [1.165, 1.54) is 11.3 Å². The number of anilines is 1. The molecule has 0 radical (unpaired) electrons. The minimum atomic E-state index is -0.0196. The molecule has 4 nitrogen and oxygen atoms in total. The van der Waals surface area contributed by atoms with Crippen LogP contribution < -0.4 is 10.6 Å². The number of hydrogen-bond acceptors (Lipinski definition) is 4. The number of carbonyl (C=O) groups excluding carboxylic acids is 1. The number of carbonyl (C=O) groups is 1. The summed E-state index contributed by atoms with van der Waals surface area (Å²) in [6.07, 6.45) is 1.70. The Kier molecular flexibility index (Phi) is 4.17. The van der Waals surface area contributed by atoms with Gasteiger partial charge in [0.05, 0.1) is 16.5 Å². The maximum Gasteiger partial charge on any atom is 0.239 e. The van der Waals surface area contributed by atoms with E-state index >= 15 is 0 Å². The molecule has 13 heavy (non-hydrogen) atoms. The van der Waals surface area contributed by atoms with Crippen LogP contribution in [-0.4, -0.2) is 24.0 Å². The molecule has 1 rings (SSSR count). The van der Waals surface area contributed by atoms with Gasteiger partial charge in [0.1, 0.15) is 0 Å². The highest BCUT2D eigenvalue weighted by Crippen LogP contribution is 2.22. The van der Waals surface area contributed by atoms with E-state index in [-0.39, 0.29) is 12.5 Å². The van der Waals surface area contributed by atoms with Crippen LogP contribution in [0.5, 0.6) is 0 Å². The Balaban J connectivity index is 2.30. The van der Waals surface area contributed by atoms with Crippen molar-refractivity contribution in [2.75, 3.05) is 18.4 Å². The zero-order valence-electron chi connectivity index (χ0n) is 7.13. The molecule has 0 unspecified atom stereocenters. The second-order valence-corrected chi connectivity index (χ2v) is 4.69. The molecule has 72 valence electrons. The van der Waals surface area contributed by atoms with E-state index in [0.717, 1.165) is 8.92 Å². The zero-order valence-corrected chi connectivity index (χ0v) is 9.54. The molecule has 0 spiro atoms. The summed E-state index contributed by atoms with van der Waals surface area (Å²) >= 11 is 4.75. The third-order valence-electron chi connectivity index (χ3n) is 1.25. The molecule has 0 bridgehead atoms.